The van der Waals surface area contributed by atoms with Crippen LogP contribution in [0.15, 0.2) is 30.6 Å². The summed E-state index contributed by atoms with van der Waals surface area (Å²) in [5, 5.41) is 16.3. The first-order valence-corrected chi connectivity index (χ1v) is 5.86. The Morgan fingerprint density at radius 3 is 2.84 bits per heavy atom. The molecule has 0 bridgehead atoms. The van der Waals surface area contributed by atoms with Crippen molar-refractivity contribution in [3.8, 4) is 17.1 Å². The lowest BCUT2D eigenvalue weighted by Crippen LogP contribution is -2.00. The van der Waals surface area contributed by atoms with Crippen LogP contribution in [0.25, 0.3) is 17.1 Å². The van der Waals surface area contributed by atoms with E-state index in [9.17, 15) is 0 Å². The van der Waals surface area contributed by atoms with Crippen LogP contribution in [0.3, 0.4) is 0 Å². The van der Waals surface area contributed by atoms with Crippen LogP contribution in [0.4, 0.5) is 5.69 Å². The maximum atomic E-state index is 5.95. The van der Waals surface area contributed by atoms with Gasteiger partial charge in [0.25, 0.3) is 0 Å². The normalized spacial score (nSPS) is 10.8. The molecule has 0 saturated carbocycles. The van der Waals surface area contributed by atoms with Gasteiger partial charge < -0.3 is 5.73 Å². The van der Waals surface area contributed by atoms with Crippen molar-refractivity contribution < 1.29 is 0 Å². The van der Waals surface area contributed by atoms with Crippen LogP contribution in [0.5, 0.6) is 0 Å². The zero-order chi connectivity index (χ0) is 13.4. The Kier molecular flexibility index (Phi) is 2.68. The van der Waals surface area contributed by atoms with Crippen molar-refractivity contribution in [2.75, 3.05) is 5.73 Å². The van der Waals surface area contributed by atoms with E-state index < -0.39 is 0 Å². The summed E-state index contributed by atoms with van der Waals surface area (Å²) in [4.78, 5) is 0. The van der Waals surface area contributed by atoms with E-state index in [-0.39, 0.29) is 0 Å². The van der Waals surface area contributed by atoms with E-state index in [1.807, 2.05) is 13.2 Å². The van der Waals surface area contributed by atoms with Crippen LogP contribution in [0, 0.1) is 0 Å². The van der Waals surface area contributed by atoms with E-state index in [1.54, 1.807) is 33.8 Å². The lowest BCUT2D eigenvalue weighted by molar-refractivity contribution is 0.762. The molecule has 0 aliphatic rings. The van der Waals surface area contributed by atoms with Gasteiger partial charge >= 0.3 is 0 Å². The number of nitrogen functional groups attached to an aromatic ring is 1. The summed E-state index contributed by atoms with van der Waals surface area (Å²) in [5.41, 5.74) is 7.95. The number of hydrogen-bond acceptors (Lipinski definition) is 5. The highest BCUT2D eigenvalue weighted by Gasteiger charge is 2.14. The molecular formula is C11H10ClN7. The highest BCUT2D eigenvalue weighted by molar-refractivity contribution is 6.31. The standard InChI is InChI=1S/C11H10ClN7/c1-18-6-8(5-14-18)19-11(15-16-17-19)9-3-2-7(12)4-10(9)13/h2-6H,13H2,1H3. The molecule has 96 valence electrons. The molecule has 1 aromatic carbocycles. The Balaban J connectivity index is 2.14. The SMILES string of the molecule is Cn1cc(-n2nnnc2-c2ccc(Cl)cc2N)cn1. The monoisotopic (exact) mass is 275 g/mol. The molecule has 0 fully saturated rings. The van der Waals surface area contributed by atoms with Gasteiger partial charge in [-0.1, -0.05) is 11.6 Å². The lowest BCUT2D eigenvalue weighted by atomic mass is 10.1. The highest BCUT2D eigenvalue weighted by atomic mass is 35.5. The van der Waals surface area contributed by atoms with E-state index >= 15 is 0 Å². The molecule has 0 spiro atoms. The van der Waals surface area contributed by atoms with Crippen LogP contribution in [-0.4, -0.2) is 30.0 Å². The van der Waals surface area contributed by atoms with Gasteiger partial charge in [0.1, 0.15) is 5.69 Å². The minimum absolute atomic E-state index is 0.521. The summed E-state index contributed by atoms with van der Waals surface area (Å²) in [6.07, 6.45) is 3.48. The number of tetrazole rings is 1. The van der Waals surface area contributed by atoms with Crippen molar-refractivity contribution >= 4 is 17.3 Å². The van der Waals surface area contributed by atoms with Gasteiger partial charge in [-0.3, -0.25) is 4.68 Å². The van der Waals surface area contributed by atoms with Crippen molar-refractivity contribution in [3.63, 3.8) is 0 Å². The smallest absolute Gasteiger partial charge is 0.189 e. The molecule has 0 unspecified atom stereocenters. The topological polar surface area (TPSA) is 87.4 Å². The van der Waals surface area contributed by atoms with E-state index in [0.717, 1.165) is 11.3 Å². The first-order chi connectivity index (χ1) is 9.15. The second-order valence-corrected chi connectivity index (χ2v) is 4.45. The van der Waals surface area contributed by atoms with Crippen molar-refractivity contribution in [2.45, 2.75) is 0 Å². The van der Waals surface area contributed by atoms with Gasteiger partial charge in [0, 0.05) is 23.3 Å². The van der Waals surface area contributed by atoms with Crippen molar-refractivity contribution in [1.29, 1.82) is 0 Å². The first kappa shape index (κ1) is 11.7. The van der Waals surface area contributed by atoms with Gasteiger partial charge in [-0.15, -0.1) is 5.10 Å². The molecule has 0 amide bonds. The number of nitrogens with zero attached hydrogens (tertiary/aromatic N) is 6. The summed E-state index contributed by atoms with van der Waals surface area (Å²) < 4.78 is 3.25. The summed E-state index contributed by atoms with van der Waals surface area (Å²) in [6.45, 7) is 0. The van der Waals surface area contributed by atoms with E-state index in [1.165, 1.54) is 0 Å². The van der Waals surface area contributed by atoms with Crippen molar-refractivity contribution in [2.24, 2.45) is 7.05 Å². The van der Waals surface area contributed by atoms with Gasteiger partial charge in [-0.05, 0) is 28.6 Å². The van der Waals surface area contributed by atoms with Gasteiger partial charge in [-0.25, -0.2) is 0 Å². The maximum absolute atomic E-state index is 5.95. The third-order valence-electron chi connectivity index (χ3n) is 2.66. The largest absolute Gasteiger partial charge is 0.398 e. The summed E-state index contributed by atoms with van der Waals surface area (Å²) in [5.74, 6) is 0.544. The molecule has 7 nitrogen and oxygen atoms in total. The molecule has 0 atom stereocenters. The van der Waals surface area contributed by atoms with Crippen LogP contribution in [0.2, 0.25) is 5.02 Å². The van der Waals surface area contributed by atoms with Crippen LogP contribution < -0.4 is 5.73 Å². The van der Waals surface area contributed by atoms with Gasteiger partial charge in [0.2, 0.25) is 0 Å². The fourth-order valence-corrected chi connectivity index (χ4v) is 1.96. The van der Waals surface area contributed by atoms with E-state index in [0.29, 0.717) is 16.5 Å². The molecule has 3 rings (SSSR count). The van der Waals surface area contributed by atoms with Crippen molar-refractivity contribution in [3.05, 3.63) is 35.6 Å². The first-order valence-electron chi connectivity index (χ1n) is 5.48. The predicted molar refractivity (Wildman–Crippen MR) is 70.8 cm³/mol. The molecule has 0 aliphatic carbocycles. The average Bonchev–Trinajstić information content (AvgIpc) is 2.97. The summed E-state index contributed by atoms with van der Waals surface area (Å²) in [6, 6.07) is 5.20. The van der Waals surface area contributed by atoms with Gasteiger partial charge in [0.05, 0.1) is 12.4 Å². The summed E-state index contributed by atoms with van der Waals surface area (Å²) >= 11 is 5.89. The number of anilines is 1. The molecule has 2 aromatic heterocycles. The Morgan fingerprint density at radius 2 is 2.16 bits per heavy atom. The van der Waals surface area contributed by atoms with E-state index in [2.05, 4.69) is 20.6 Å². The zero-order valence-corrected chi connectivity index (χ0v) is 10.8. The third kappa shape index (κ3) is 2.04. The highest BCUT2D eigenvalue weighted by Crippen LogP contribution is 2.27. The van der Waals surface area contributed by atoms with Gasteiger partial charge in [-0.2, -0.15) is 9.78 Å². The molecule has 3 aromatic rings. The molecule has 2 heterocycles. The number of benzene rings is 1. The number of nitrogens with two attached hydrogens (primary N) is 1. The van der Waals surface area contributed by atoms with Gasteiger partial charge in [0.15, 0.2) is 5.82 Å². The zero-order valence-electron chi connectivity index (χ0n) is 10.0. The van der Waals surface area contributed by atoms with Crippen LogP contribution in [0.1, 0.15) is 0 Å². The Labute approximate surface area is 113 Å². The summed E-state index contributed by atoms with van der Waals surface area (Å²) in [7, 11) is 1.82. The number of hydrogen-bond donors (Lipinski definition) is 1. The lowest BCUT2D eigenvalue weighted by Gasteiger charge is -2.05. The molecule has 2 N–H and O–H groups in total. The quantitative estimate of drug-likeness (QED) is 0.712. The number of aryl methyl sites for hydroxylation is 1. The fourth-order valence-electron chi connectivity index (χ4n) is 1.78. The molecular weight excluding hydrogens is 266 g/mol. The second kappa shape index (κ2) is 4.36. The molecule has 0 saturated heterocycles. The maximum Gasteiger partial charge on any atom is 0.189 e. The predicted octanol–water partition coefficient (Wildman–Crippen LogP) is 1.30. The molecule has 19 heavy (non-hydrogen) atoms. The molecule has 0 radical (unpaired) electrons. The van der Waals surface area contributed by atoms with Crippen molar-refractivity contribution in [1.82, 2.24) is 30.0 Å². The molecule has 0 aliphatic heterocycles. The average molecular weight is 276 g/mol. The van der Waals surface area contributed by atoms with Crippen LogP contribution >= 0.6 is 11.6 Å². The molecule has 8 heteroatoms. The minimum atomic E-state index is 0.521. The number of rotatable bonds is 2. The number of halogens is 1. The Morgan fingerprint density at radius 1 is 1.32 bits per heavy atom. The Hall–Kier alpha value is -2.41. The number of aromatic nitrogens is 6. The second-order valence-electron chi connectivity index (χ2n) is 4.02. The minimum Gasteiger partial charge on any atom is -0.398 e. The van der Waals surface area contributed by atoms with E-state index in [4.69, 9.17) is 17.3 Å². The third-order valence-corrected chi connectivity index (χ3v) is 2.89. The van der Waals surface area contributed by atoms with Crippen LogP contribution in [-0.2, 0) is 7.05 Å². The fraction of sp³-hybridized carbons (Fsp3) is 0.0909. The Bertz CT molecular complexity index is 730.